The highest BCUT2D eigenvalue weighted by Crippen LogP contribution is 2.19. The number of anilines is 3. The van der Waals surface area contributed by atoms with Crippen LogP contribution < -0.4 is 27.4 Å². The maximum atomic E-state index is 12.9. The fourth-order valence-electron chi connectivity index (χ4n) is 3.50. The maximum absolute atomic E-state index is 12.9. The number of rotatable bonds is 8. The van der Waals surface area contributed by atoms with Gasteiger partial charge >= 0.3 is 0 Å². The van der Waals surface area contributed by atoms with E-state index in [1.807, 2.05) is 0 Å². The third-order valence-corrected chi connectivity index (χ3v) is 5.38. The van der Waals surface area contributed by atoms with Crippen LogP contribution in [0.4, 0.5) is 17.1 Å². The summed E-state index contributed by atoms with van der Waals surface area (Å²) < 4.78 is 4.84. The second kappa shape index (κ2) is 10.7. The number of carbonyl (C=O) groups excluding carboxylic acids is 3. The van der Waals surface area contributed by atoms with Gasteiger partial charge in [0.2, 0.25) is 0 Å². The predicted molar refractivity (Wildman–Crippen MR) is 139 cm³/mol. The molecule has 13 heteroatoms. The Morgan fingerprint density at radius 2 is 1.31 bits per heavy atom. The largest absolute Gasteiger partial charge is 0.397 e. The molecular weight excluding hydrogens is 464 g/mol. The van der Waals surface area contributed by atoms with Crippen molar-refractivity contribution >= 4 is 40.7 Å². The molecule has 3 heterocycles. The van der Waals surface area contributed by atoms with Crippen LogP contribution in [0.5, 0.6) is 0 Å². The first-order chi connectivity index (χ1) is 17.0. The molecule has 0 aromatic carbocycles. The van der Waals surface area contributed by atoms with E-state index in [9.17, 15) is 14.4 Å². The summed E-state index contributed by atoms with van der Waals surface area (Å²) in [5, 5.41) is 8.32. The quantitative estimate of drug-likeness (QED) is 0.172. The van der Waals surface area contributed by atoms with Crippen molar-refractivity contribution in [2.24, 2.45) is 31.9 Å². The third-order valence-electron chi connectivity index (χ3n) is 5.38. The molecule has 0 spiro atoms. The average molecular weight is 497 g/mol. The monoisotopic (exact) mass is 496 g/mol. The number of amides is 3. The molecule has 0 saturated heterocycles. The number of hydrogen-bond acceptors (Lipinski definition) is 5. The van der Waals surface area contributed by atoms with E-state index in [1.54, 1.807) is 90.6 Å². The third kappa shape index (κ3) is 6.05. The Kier molecular flexibility index (Phi) is 7.72. The van der Waals surface area contributed by atoms with Gasteiger partial charge in [-0.2, -0.15) is 0 Å². The molecule has 36 heavy (non-hydrogen) atoms. The molecule has 3 aromatic rings. The van der Waals surface area contributed by atoms with E-state index in [2.05, 4.69) is 20.9 Å². The smallest absolute Gasteiger partial charge is 0.272 e. The molecule has 3 aromatic heterocycles. The summed E-state index contributed by atoms with van der Waals surface area (Å²) in [6.45, 7) is 0.654. The average Bonchev–Trinajstić information content (AvgIpc) is 3.46. The minimum atomic E-state index is -0.396. The van der Waals surface area contributed by atoms with Crippen LogP contribution in [0.1, 0.15) is 31.5 Å². The van der Waals surface area contributed by atoms with Crippen LogP contribution in [0.3, 0.4) is 0 Å². The van der Waals surface area contributed by atoms with Crippen LogP contribution in [0, 0.1) is 0 Å². The molecule has 3 amide bonds. The van der Waals surface area contributed by atoms with Crippen molar-refractivity contribution < 1.29 is 14.4 Å². The predicted octanol–water partition coefficient (Wildman–Crippen LogP) is 0.395. The van der Waals surface area contributed by atoms with Crippen LogP contribution >= 0.6 is 0 Å². The Morgan fingerprint density at radius 3 is 1.78 bits per heavy atom. The highest BCUT2D eigenvalue weighted by molar-refractivity contribution is 6.07. The van der Waals surface area contributed by atoms with Gasteiger partial charge in [0, 0.05) is 60.4 Å². The standard InChI is InChI=1S/C23H32N10O3/c1-30(2)23(25)27-7-6-26-20(34)18-9-15(12-32(18)4)29-22(36)19-10-16(13-33(19)5)28-21(35)17-8-14(24)11-31(17)3/h8-13H,6-7,24H2,1-5H3,(H2,25,27)(H,26,34)(H,28,35)(H,29,36). The first-order valence-electron chi connectivity index (χ1n) is 11.1. The number of nitrogens with zero attached hydrogens (tertiary/aromatic N) is 5. The molecule has 13 nitrogen and oxygen atoms in total. The maximum Gasteiger partial charge on any atom is 0.272 e. The van der Waals surface area contributed by atoms with E-state index < -0.39 is 5.91 Å². The van der Waals surface area contributed by atoms with Crippen molar-refractivity contribution in [1.82, 2.24) is 23.9 Å². The van der Waals surface area contributed by atoms with Crippen LogP contribution in [-0.2, 0) is 21.1 Å². The van der Waals surface area contributed by atoms with Gasteiger partial charge < -0.3 is 46.0 Å². The highest BCUT2D eigenvalue weighted by atomic mass is 16.2. The second-order valence-corrected chi connectivity index (χ2v) is 8.52. The molecule has 0 saturated carbocycles. The minimum Gasteiger partial charge on any atom is -0.397 e. The molecule has 7 N–H and O–H groups in total. The molecule has 3 rings (SSSR count). The molecular formula is C23H32N10O3. The number of aromatic nitrogens is 3. The molecule has 0 aliphatic heterocycles. The van der Waals surface area contributed by atoms with Crippen molar-refractivity contribution in [1.29, 1.82) is 0 Å². The number of carbonyl (C=O) groups is 3. The lowest BCUT2D eigenvalue weighted by molar-refractivity contribution is 0.0945. The van der Waals surface area contributed by atoms with E-state index in [0.29, 0.717) is 53.2 Å². The van der Waals surface area contributed by atoms with Gasteiger partial charge in [0.05, 0.1) is 23.6 Å². The molecule has 0 aliphatic carbocycles. The summed E-state index contributed by atoms with van der Waals surface area (Å²) in [5.41, 5.74) is 13.9. The van der Waals surface area contributed by atoms with E-state index in [4.69, 9.17) is 11.5 Å². The zero-order valence-electron chi connectivity index (χ0n) is 21.0. The highest BCUT2D eigenvalue weighted by Gasteiger charge is 2.18. The number of nitrogen functional groups attached to an aromatic ring is 1. The van der Waals surface area contributed by atoms with Crippen molar-refractivity contribution in [3.8, 4) is 0 Å². The van der Waals surface area contributed by atoms with Crippen molar-refractivity contribution in [3.63, 3.8) is 0 Å². The zero-order valence-corrected chi connectivity index (χ0v) is 21.0. The van der Waals surface area contributed by atoms with E-state index in [0.717, 1.165) is 0 Å². The molecule has 0 aliphatic rings. The number of nitrogens with two attached hydrogens (primary N) is 2. The van der Waals surface area contributed by atoms with Crippen molar-refractivity contribution in [2.75, 3.05) is 43.6 Å². The molecule has 0 radical (unpaired) electrons. The lowest BCUT2D eigenvalue weighted by atomic mass is 10.3. The van der Waals surface area contributed by atoms with Gasteiger partial charge in [0.25, 0.3) is 17.7 Å². The van der Waals surface area contributed by atoms with Crippen LogP contribution in [-0.4, -0.2) is 69.5 Å². The van der Waals surface area contributed by atoms with Gasteiger partial charge in [-0.1, -0.05) is 0 Å². The fraction of sp³-hybridized carbons (Fsp3) is 0.304. The number of aryl methyl sites for hydroxylation is 3. The lowest BCUT2D eigenvalue weighted by Gasteiger charge is -2.10. The topological polar surface area (TPSA) is 170 Å². The lowest BCUT2D eigenvalue weighted by Crippen LogP contribution is -2.32. The molecule has 0 fully saturated rings. The Balaban J connectivity index is 1.62. The summed E-state index contributed by atoms with van der Waals surface area (Å²) in [5.74, 6) is -0.671. The molecule has 0 unspecified atom stereocenters. The molecule has 192 valence electrons. The summed E-state index contributed by atoms with van der Waals surface area (Å²) >= 11 is 0. The molecule has 0 atom stereocenters. The Bertz CT molecular complexity index is 1310. The zero-order chi connectivity index (χ0) is 26.6. The first kappa shape index (κ1) is 25.9. The summed E-state index contributed by atoms with van der Waals surface area (Å²) in [4.78, 5) is 43.8. The van der Waals surface area contributed by atoms with Crippen LogP contribution in [0.15, 0.2) is 41.8 Å². The SMILES string of the molecule is CN(C)C(N)=NCCNC(=O)c1cc(NC(=O)c2cc(NC(=O)c3cc(N)cn3C)cn2C)cn1C. The van der Waals surface area contributed by atoms with Gasteiger partial charge in [-0.05, 0) is 18.2 Å². The fourth-order valence-corrected chi connectivity index (χ4v) is 3.50. The number of nitrogens with one attached hydrogen (secondary N) is 3. The van der Waals surface area contributed by atoms with Gasteiger partial charge in [0.1, 0.15) is 17.1 Å². The van der Waals surface area contributed by atoms with Crippen molar-refractivity contribution in [3.05, 3.63) is 53.9 Å². The number of hydrogen-bond donors (Lipinski definition) is 5. The Morgan fingerprint density at radius 1 is 0.833 bits per heavy atom. The van der Waals surface area contributed by atoms with Gasteiger partial charge in [-0.15, -0.1) is 0 Å². The minimum absolute atomic E-state index is 0.304. The van der Waals surface area contributed by atoms with E-state index >= 15 is 0 Å². The Labute approximate surface area is 208 Å². The van der Waals surface area contributed by atoms with Gasteiger partial charge in [-0.3, -0.25) is 19.4 Å². The van der Waals surface area contributed by atoms with Crippen LogP contribution in [0.2, 0.25) is 0 Å². The first-order valence-corrected chi connectivity index (χ1v) is 11.1. The Hall–Kier alpha value is -4.68. The number of guanidine groups is 1. The van der Waals surface area contributed by atoms with Gasteiger partial charge in [-0.25, -0.2) is 0 Å². The van der Waals surface area contributed by atoms with E-state index in [1.165, 1.54) is 0 Å². The number of aliphatic imine (C=N–C) groups is 1. The van der Waals surface area contributed by atoms with E-state index in [-0.39, 0.29) is 11.8 Å². The van der Waals surface area contributed by atoms with Gasteiger partial charge in [0.15, 0.2) is 5.96 Å². The normalized spacial score (nSPS) is 11.3. The van der Waals surface area contributed by atoms with Crippen molar-refractivity contribution in [2.45, 2.75) is 0 Å². The summed E-state index contributed by atoms with van der Waals surface area (Å²) in [7, 11) is 8.69. The second-order valence-electron chi connectivity index (χ2n) is 8.52. The summed E-state index contributed by atoms with van der Waals surface area (Å²) in [6.07, 6.45) is 4.91. The molecule has 0 bridgehead atoms. The summed E-state index contributed by atoms with van der Waals surface area (Å²) in [6, 6.07) is 4.72. The van der Waals surface area contributed by atoms with Crippen LogP contribution in [0.25, 0.3) is 0 Å².